The molecule has 0 fully saturated rings. The van der Waals surface area contributed by atoms with Crippen LogP contribution in [0.1, 0.15) is 39.5 Å². The Bertz CT molecular complexity index is 366. The van der Waals surface area contributed by atoms with E-state index in [1.807, 2.05) is 6.92 Å². The zero-order valence-corrected chi connectivity index (χ0v) is 11.1. The summed E-state index contributed by atoms with van der Waals surface area (Å²) in [6, 6.07) is 0. The normalized spacial score (nSPS) is 14.3. The zero-order chi connectivity index (χ0) is 14.4. The van der Waals surface area contributed by atoms with Gasteiger partial charge in [0, 0.05) is 0 Å². The van der Waals surface area contributed by atoms with E-state index in [0.717, 1.165) is 12.8 Å². The van der Waals surface area contributed by atoms with Crippen LogP contribution >= 0.6 is 0 Å². The molecular formula is C10H17F2O5S-. The minimum Gasteiger partial charge on any atom is -0.743 e. The Morgan fingerprint density at radius 2 is 1.94 bits per heavy atom. The second kappa shape index (κ2) is 6.98. The molecular weight excluding hydrogens is 270 g/mol. The number of unbranched alkanes of at least 4 members (excludes halogenated alkanes) is 1. The summed E-state index contributed by atoms with van der Waals surface area (Å²) in [6.07, 6.45) is 3.07. The van der Waals surface area contributed by atoms with Crippen molar-refractivity contribution in [3.05, 3.63) is 0 Å². The second-order valence-corrected chi connectivity index (χ2v) is 5.41. The first-order chi connectivity index (χ1) is 8.16. The summed E-state index contributed by atoms with van der Waals surface area (Å²) in [7, 11) is -6.03. The largest absolute Gasteiger partial charge is 0.743 e. The number of hydrogen-bond donors (Lipinski definition) is 0. The van der Waals surface area contributed by atoms with Crippen LogP contribution in [0.4, 0.5) is 8.78 Å². The van der Waals surface area contributed by atoms with Crippen molar-refractivity contribution in [3.8, 4) is 0 Å². The molecule has 0 aromatic heterocycles. The van der Waals surface area contributed by atoms with Crippen molar-refractivity contribution >= 4 is 16.1 Å². The molecule has 0 bridgehead atoms. The molecule has 0 spiro atoms. The van der Waals surface area contributed by atoms with Gasteiger partial charge in [-0.15, -0.1) is 0 Å². The van der Waals surface area contributed by atoms with Gasteiger partial charge in [-0.25, -0.2) is 13.2 Å². The molecule has 0 aromatic rings. The summed E-state index contributed by atoms with van der Waals surface area (Å²) in [5.74, 6) is -2.41. The van der Waals surface area contributed by atoms with Crippen molar-refractivity contribution in [2.24, 2.45) is 5.92 Å². The van der Waals surface area contributed by atoms with Crippen molar-refractivity contribution in [1.29, 1.82) is 0 Å². The lowest BCUT2D eigenvalue weighted by atomic mass is 10.0. The Morgan fingerprint density at radius 1 is 1.39 bits per heavy atom. The van der Waals surface area contributed by atoms with E-state index in [1.165, 1.54) is 0 Å². The SMILES string of the molecule is CCCCC(CC)COC(=O)C(F)(F)S(=O)(=O)[O-]. The number of ether oxygens (including phenoxy) is 1. The zero-order valence-electron chi connectivity index (χ0n) is 10.3. The third-order valence-corrected chi connectivity index (χ3v) is 3.34. The smallest absolute Gasteiger partial charge is 0.428 e. The highest BCUT2D eigenvalue weighted by Crippen LogP contribution is 2.23. The van der Waals surface area contributed by atoms with E-state index in [4.69, 9.17) is 0 Å². The Hall–Kier alpha value is -0.760. The average Bonchev–Trinajstić information content (AvgIpc) is 2.27. The van der Waals surface area contributed by atoms with Gasteiger partial charge in [-0.2, -0.15) is 8.78 Å². The molecule has 0 saturated heterocycles. The maximum Gasteiger partial charge on any atom is 0.428 e. The molecule has 18 heavy (non-hydrogen) atoms. The summed E-state index contributed by atoms with van der Waals surface area (Å²) in [4.78, 5) is 10.9. The number of halogens is 2. The van der Waals surface area contributed by atoms with Crippen molar-refractivity contribution in [2.45, 2.75) is 44.8 Å². The van der Waals surface area contributed by atoms with Gasteiger partial charge in [0.05, 0.1) is 6.61 Å². The lowest BCUT2D eigenvalue weighted by Crippen LogP contribution is -2.39. The number of esters is 1. The van der Waals surface area contributed by atoms with Crippen molar-refractivity contribution in [2.75, 3.05) is 6.61 Å². The van der Waals surface area contributed by atoms with Crippen LogP contribution in [-0.2, 0) is 19.6 Å². The van der Waals surface area contributed by atoms with E-state index < -0.39 is 21.3 Å². The maximum absolute atomic E-state index is 12.8. The van der Waals surface area contributed by atoms with Crippen LogP contribution in [0, 0.1) is 5.92 Å². The maximum atomic E-state index is 12.8. The summed E-state index contributed by atoms with van der Waals surface area (Å²) < 4.78 is 60.2. The predicted octanol–water partition coefficient (Wildman–Crippen LogP) is 1.88. The molecule has 1 atom stereocenters. The molecule has 0 N–H and O–H groups in total. The van der Waals surface area contributed by atoms with Gasteiger partial charge in [0.2, 0.25) is 0 Å². The van der Waals surface area contributed by atoms with E-state index in [2.05, 4.69) is 4.74 Å². The molecule has 0 amide bonds. The van der Waals surface area contributed by atoms with Crippen LogP contribution < -0.4 is 0 Å². The monoisotopic (exact) mass is 287 g/mol. The minimum atomic E-state index is -6.03. The highest BCUT2D eigenvalue weighted by Gasteiger charge is 2.48. The molecule has 5 nitrogen and oxygen atoms in total. The lowest BCUT2D eigenvalue weighted by molar-refractivity contribution is -0.163. The van der Waals surface area contributed by atoms with Crippen LogP contribution in [0.15, 0.2) is 0 Å². The van der Waals surface area contributed by atoms with Crippen LogP contribution in [0.3, 0.4) is 0 Å². The Balaban J connectivity index is 4.41. The molecule has 0 aliphatic rings. The summed E-state index contributed by atoms with van der Waals surface area (Å²) in [5.41, 5.74) is 0. The fourth-order valence-electron chi connectivity index (χ4n) is 1.28. The number of rotatable bonds is 8. The standard InChI is InChI=1S/C10H18F2O5S/c1-3-5-6-8(4-2)7-17-9(13)10(11,12)18(14,15)16/h8H,3-7H2,1-2H3,(H,14,15,16)/p-1. The van der Waals surface area contributed by atoms with Gasteiger partial charge in [-0.1, -0.05) is 33.1 Å². The van der Waals surface area contributed by atoms with Gasteiger partial charge >= 0.3 is 11.2 Å². The molecule has 8 heteroatoms. The quantitative estimate of drug-likeness (QED) is 0.503. The van der Waals surface area contributed by atoms with Crippen LogP contribution in [0.25, 0.3) is 0 Å². The summed E-state index contributed by atoms with van der Waals surface area (Å²) >= 11 is 0. The fraction of sp³-hybridized carbons (Fsp3) is 0.900. The molecule has 0 saturated carbocycles. The Labute approximate surface area is 105 Å². The van der Waals surface area contributed by atoms with E-state index in [9.17, 15) is 26.5 Å². The highest BCUT2D eigenvalue weighted by molar-refractivity contribution is 7.87. The first kappa shape index (κ1) is 17.2. The fourth-order valence-corrected chi connectivity index (χ4v) is 1.54. The number of hydrogen-bond acceptors (Lipinski definition) is 5. The molecule has 0 heterocycles. The predicted molar refractivity (Wildman–Crippen MR) is 58.9 cm³/mol. The first-order valence-electron chi connectivity index (χ1n) is 5.67. The molecule has 0 radical (unpaired) electrons. The molecule has 0 aromatic carbocycles. The third kappa shape index (κ3) is 4.85. The Morgan fingerprint density at radius 3 is 2.33 bits per heavy atom. The van der Waals surface area contributed by atoms with E-state index >= 15 is 0 Å². The summed E-state index contributed by atoms with van der Waals surface area (Å²) in [6.45, 7) is 3.45. The van der Waals surface area contributed by atoms with Crippen molar-refractivity contribution in [1.82, 2.24) is 0 Å². The van der Waals surface area contributed by atoms with E-state index in [1.54, 1.807) is 6.92 Å². The van der Waals surface area contributed by atoms with Crippen LogP contribution in [-0.4, -0.2) is 30.8 Å². The molecule has 0 aliphatic heterocycles. The van der Waals surface area contributed by atoms with Gasteiger partial charge in [-0.05, 0) is 12.3 Å². The number of carbonyl (C=O) groups excluding carboxylic acids is 1. The second-order valence-electron chi connectivity index (χ2n) is 3.99. The van der Waals surface area contributed by atoms with Gasteiger partial charge in [0.25, 0.3) is 0 Å². The van der Waals surface area contributed by atoms with E-state index in [0.29, 0.717) is 12.8 Å². The molecule has 1 unspecified atom stereocenters. The van der Waals surface area contributed by atoms with Gasteiger partial charge in [0.15, 0.2) is 10.1 Å². The van der Waals surface area contributed by atoms with Gasteiger partial charge in [0.1, 0.15) is 0 Å². The molecule has 0 rings (SSSR count). The minimum absolute atomic E-state index is 0.112. The third-order valence-electron chi connectivity index (χ3n) is 2.55. The first-order valence-corrected chi connectivity index (χ1v) is 7.08. The molecule has 108 valence electrons. The van der Waals surface area contributed by atoms with Crippen molar-refractivity contribution < 1.29 is 31.3 Å². The number of alkyl halides is 2. The lowest BCUT2D eigenvalue weighted by Gasteiger charge is -2.20. The van der Waals surface area contributed by atoms with E-state index in [-0.39, 0.29) is 12.5 Å². The average molecular weight is 287 g/mol. The van der Waals surface area contributed by atoms with Gasteiger partial charge in [-0.3, -0.25) is 0 Å². The van der Waals surface area contributed by atoms with Crippen LogP contribution in [0.2, 0.25) is 0 Å². The van der Waals surface area contributed by atoms with Crippen LogP contribution in [0.5, 0.6) is 0 Å². The highest BCUT2D eigenvalue weighted by atomic mass is 32.2. The Kier molecular flexibility index (Phi) is 6.69. The van der Waals surface area contributed by atoms with Gasteiger partial charge < -0.3 is 9.29 Å². The molecule has 0 aliphatic carbocycles. The topological polar surface area (TPSA) is 83.5 Å². The van der Waals surface area contributed by atoms with Crippen molar-refractivity contribution in [3.63, 3.8) is 0 Å². The number of carbonyl (C=O) groups is 1. The summed E-state index contributed by atoms with van der Waals surface area (Å²) in [5, 5.41) is -5.02.